The summed E-state index contributed by atoms with van der Waals surface area (Å²) < 4.78 is 0. The van der Waals surface area contributed by atoms with E-state index in [0.29, 0.717) is 17.4 Å². The van der Waals surface area contributed by atoms with Gasteiger partial charge in [0.1, 0.15) is 11.5 Å². The first-order valence-corrected chi connectivity index (χ1v) is 5.29. The molecule has 0 radical (unpaired) electrons. The predicted octanol–water partition coefficient (Wildman–Crippen LogP) is 1.18. The lowest BCUT2D eigenvalue weighted by atomic mass is 10.2. The predicted molar refractivity (Wildman–Crippen MR) is 58.9 cm³/mol. The van der Waals surface area contributed by atoms with Crippen molar-refractivity contribution in [3.63, 3.8) is 0 Å². The molecular weight excluding hydrogens is 204 g/mol. The molecule has 2 aromatic heterocycles. The number of anilines is 1. The molecule has 1 aliphatic carbocycles. The molecule has 0 saturated heterocycles. The van der Waals surface area contributed by atoms with Crippen LogP contribution in [0.2, 0.25) is 0 Å². The highest BCUT2D eigenvalue weighted by atomic mass is 15.3. The van der Waals surface area contributed by atoms with Gasteiger partial charge in [0.2, 0.25) is 0 Å². The first-order valence-electron chi connectivity index (χ1n) is 5.29. The molecular formula is C10H12N6. The van der Waals surface area contributed by atoms with E-state index < -0.39 is 0 Å². The van der Waals surface area contributed by atoms with E-state index in [1.165, 1.54) is 12.8 Å². The Morgan fingerprint density at radius 2 is 2.25 bits per heavy atom. The second-order valence-corrected chi connectivity index (χ2v) is 3.88. The molecule has 16 heavy (non-hydrogen) atoms. The Balaban J connectivity index is 2.06. The molecule has 0 spiro atoms. The van der Waals surface area contributed by atoms with Crippen LogP contribution in [0, 0.1) is 0 Å². The van der Waals surface area contributed by atoms with Gasteiger partial charge in [0.05, 0.1) is 6.20 Å². The zero-order valence-corrected chi connectivity index (χ0v) is 8.94. The normalized spacial score (nSPS) is 15.1. The summed E-state index contributed by atoms with van der Waals surface area (Å²) in [7, 11) is 1.85. The zero-order valence-electron chi connectivity index (χ0n) is 8.94. The number of aromatic amines is 1. The van der Waals surface area contributed by atoms with Crippen LogP contribution in [0.1, 0.15) is 24.5 Å². The minimum atomic E-state index is 0.598. The van der Waals surface area contributed by atoms with Crippen LogP contribution in [-0.4, -0.2) is 32.4 Å². The molecule has 0 aromatic carbocycles. The first kappa shape index (κ1) is 9.26. The highest BCUT2D eigenvalue weighted by Crippen LogP contribution is 2.39. The molecule has 0 amide bonds. The molecule has 0 unspecified atom stereocenters. The summed E-state index contributed by atoms with van der Waals surface area (Å²) in [6.07, 6.45) is 4.07. The van der Waals surface area contributed by atoms with E-state index in [9.17, 15) is 0 Å². The smallest absolute Gasteiger partial charge is 0.183 e. The van der Waals surface area contributed by atoms with Crippen LogP contribution < -0.4 is 5.32 Å². The van der Waals surface area contributed by atoms with Gasteiger partial charge in [-0.2, -0.15) is 15.4 Å². The minimum Gasteiger partial charge on any atom is -0.373 e. The molecule has 0 aliphatic heterocycles. The molecule has 2 N–H and O–H groups in total. The standard InChI is InChI=1S/C10H12N6/c1-11-9-4-7(6-2-3-6)13-10(14-9)8-5-12-16-15-8/h4-6H,2-3H2,1H3,(H,11,13,14)(H,12,15,16). The van der Waals surface area contributed by atoms with Crippen molar-refractivity contribution in [1.29, 1.82) is 0 Å². The van der Waals surface area contributed by atoms with Crippen molar-refractivity contribution in [3.05, 3.63) is 18.0 Å². The second-order valence-electron chi connectivity index (χ2n) is 3.88. The van der Waals surface area contributed by atoms with E-state index in [1.54, 1.807) is 6.20 Å². The lowest BCUT2D eigenvalue weighted by Gasteiger charge is -2.04. The summed E-state index contributed by atoms with van der Waals surface area (Å²) >= 11 is 0. The molecule has 6 nitrogen and oxygen atoms in total. The number of aromatic nitrogens is 5. The highest BCUT2D eigenvalue weighted by Gasteiger charge is 2.26. The molecule has 2 heterocycles. The van der Waals surface area contributed by atoms with Crippen LogP contribution in [0.25, 0.3) is 11.5 Å². The lowest BCUT2D eigenvalue weighted by molar-refractivity contribution is 0.933. The van der Waals surface area contributed by atoms with Gasteiger partial charge in [-0.1, -0.05) is 0 Å². The fourth-order valence-electron chi connectivity index (χ4n) is 1.61. The van der Waals surface area contributed by atoms with Crippen molar-refractivity contribution in [2.45, 2.75) is 18.8 Å². The fraction of sp³-hybridized carbons (Fsp3) is 0.400. The summed E-state index contributed by atoms with van der Waals surface area (Å²) in [6.45, 7) is 0. The van der Waals surface area contributed by atoms with E-state index >= 15 is 0 Å². The topological polar surface area (TPSA) is 79.4 Å². The van der Waals surface area contributed by atoms with Crippen molar-refractivity contribution in [1.82, 2.24) is 25.4 Å². The molecule has 82 valence electrons. The number of rotatable bonds is 3. The van der Waals surface area contributed by atoms with E-state index in [-0.39, 0.29) is 0 Å². The maximum atomic E-state index is 4.51. The Bertz CT molecular complexity index is 488. The molecule has 1 fully saturated rings. The average Bonchev–Trinajstić information content (AvgIpc) is 3.04. The Hall–Kier alpha value is -1.98. The molecule has 1 aliphatic rings. The quantitative estimate of drug-likeness (QED) is 0.805. The van der Waals surface area contributed by atoms with Crippen LogP contribution in [0.3, 0.4) is 0 Å². The molecule has 0 bridgehead atoms. The maximum Gasteiger partial charge on any atom is 0.183 e. The van der Waals surface area contributed by atoms with E-state index in [2.05, 4.69) is 30.7 Å². The zero-order chi connectivity index (χ0) is 11.0. The summed E-state index contributed by atoms with van der Waals surface area (Å²) in [5.41, 5.74) is 1.77. The monoisotopic (exact) mass is 216 g/mol. The van der Waals surface area contributed by atoms with Gasteiger partial charge in [0.25, 0.3) is 0 Å². The maximum absolute atomic E-state index is 4.51. The summed E-state index contributed by atoms with van der Waals surface area (Å²) in [6, 6.07) is 2.00. The van der Waals surface area contributed by atoms with Crippen LogP contribution in [0.5, 0.6) is 0 Å². The number of hydrogen-bond donors (Lipinski definition) is 2. The molecule has 3 rings (SSSR count). The van der Waals surface area contributed by atoms with Gasteiger partial charge in [-0.15, -0.1) is 0 Å². The average molecular weight is 216 g/mol. The van der Waals surface area contributed by atoms with Crippen LogP contribution >= 0.6 is 0 Å². The van der Waals surface area contributed by atoms with Gasteiger partial charge in [0.15, 0.2) is 5.82 Å². The first-order chi connectivity index (χ1) is 7.86. The summed E-state index contributed by atoms with van der Waals surface area (Å²) in [5, 5.41) is 13.4. The molecule has 0 atom stereocenters. The van der Waals surface area contributed by atoms with Crippen molar-refractivity contribution in [2.24, 2.45) is 0 Å². The SMILES string of the molecule is CNc1cc(C2CC2)nc(-c2cn[nH]n2)n1. The summed E-state index contributed by atoms with van der Waals surface area (Å²) in [4.78, 5) is 8.87. The minimum absolute atomic E-state index is 0.598. The van der Waals surface area contributed by atoms with E-state index in [0.717, 1.165) is 11.5 Å². The van der Waals surface area contributed by atoms with Crippen molar-refractivity contribution < 1.29 is 0 Å². The largest absolute Gasteiger partial charge is 0.373 e. The Morgan fingerprint density at radius 1 is 1.38 bits per heavy atom. The second kappa shape index (κ2) is 3.55. The number of nitrogens with one attached hydrogen (secondary N) is 2. The third-order valence-corrected chi connectivity index (χ3v) is 2.64. The van der Waals surface area contributed by atoms with Gasteiger partial charge in [-0.05, 0) is 12.8 Å². The van der Waals surface area contributed by atoms with Crippen LogP contribution in [-0.2, 0) is 0 Å². The Morgan fingerprint density at radius 3 is 2.88 bits per heavy atom. The molecule has 2 aromatic rings. The Kier molecular flexibility index (Phi) is 2.05. The van der Waals surface area contributed by atoms with E-state index in [4.69, 9.17) is 0 Å². The van der Waals surface area contributed by atoms with Gasteiger partial charge in [0, 0.05) is 24.7 Å². The van der Waals surface area contributed by atoms with E-state index in [1.807, 2.05) is 13.1 Å². The van der Waals surface area contributed by atoms with Crippen molar-refractivity contribution in [2.75, 3.05) is 12.4 Å². The third kappa shape index (κ3) is 1.62. The van der Waals surface area contributed by atoms with Crippen molar-refractivity contribution in [3.8, 4) is 11.5 Å². The van der Waals surface area contributed by atoms with Crippen LogP contribution in [0.4, 0.5) is 5.82 Å². The molecule has 6 heteroatoms. The van der Waals surface area contributed by atoms with Gasteiger partial charge < -0.3 is 5.32 Å². The lowest BCUT2D eigenvalue weighted by Crippen LogP contribution is -2.00. The van der Waals surface area contributed by atoms with Gasteiger partial charge in [-0.3, -0.25) is 0 Å². The third-order valence-electron chi connectivity index (χ3n) is 2.64. The van der Waals surface area contributed by atoms with Gasteiger partial charge in [-0.25, -0.2) is 9.97 Å². The molecule has 1 saturated carbocycles. The highest BCUT2D eigenvalue weighted by molar-refractivity contribution is 5.52. The summed E-state index contributed by atoms with van der Waals surface area (Å²) in [5.74, 6) is 2.05. The number of nitrogens with zero attached hydrogens (tertiary/aromatic N) is 4. The fourth-order valence-corrected chi connectivity index (χ4v) is 1.61. The number of H-pyrrole nitrogens is 1. The van der Waals surface area contributed by atoms with Gasteiger partial charge >= 0.3 is 0 Å². The number of hydrogen-bond acceptors (Lipinski definition) is 5. The Labute approximate surface area is 92.5 Å². The van der Waals surface area contributed by atoms with Crippen molar-refractivity contribution >= 4 is 5.82 Å². The van der Waals surface area contributed by atoms with Crippen LogP contribution in [0.15, 0.2) is 12.3 Å².